The number of nitrogens with zero attached hydrogens (tertiary/aromatic N) is 2. The summed E-state index contributed by atoms with van der Waals surface area (Å²) in [6, 6.07) is 4.20. The second-order valence-electron chi connectivity index (χ2n) is 7.35. The molecule has 152 valence electrons. The minimum Gasteiger partial charge on any atom is -0.459 e. The number of piperazine rings is 1. The van der Waals surface area contributed by atoms with Crippen LogP contribution in [-0.4, -0.2) is 58.9 Å². The van der Waals surface area contributed by atoms with Crippen LogP contribution >= 0.6 is 27.3 Å². The Bertz CT molecular complexity index is 866. The van der Waals surface area contributed by atoms with Crippen molar-refractivity contribution in [2.45, 2.75) is 40.3 Å². The number of hydrogen-bond acceptors (Lipinski definition) is 5. The minimum atomic E-state index is -0.382. The molecule has 6 nitrogen and oxygen atoms in total. The number of thiophene rings is 1. The molecule has 1 amide bonds. The third kappa shape index (κ3) is 4.67. The van der Waals surface area contributed by atoms with Crippen LogP contribution in [0.4, 0.5) is 0 Å². The first-order valence-electron chi connectivity index (χ1n) is 9.42. The number of carbonyl (C=O) groups is 2. The van der Waals surface area contributed by atoms with Gasteiger partial charge in [0.15, 0.2) is 0 Å². The molecule has 3 rings (SSSR count). The Labute approximate surface area is 178 Å². The maximum Gasteiger partial charge on any atom is 0.340 e. The van der Waals surface area contributed by atoms with Crippen molar-refractivity contribution in [3.05, 3.63) is 43.3 Å². The number of ether oxygens (including phenoxy) is 1. The van der Waals surface area contributed by atoms with Gasteiger partial charge in [0.1, 0.15) is 5.69 Å². The number of aromatic amines is 1. The molecule has 1 aliphatic rings. The molecule has 2 aromatic heterocycles. The molecule has 0 aliphatic carbocycles. The zero-order valence-corrected chi connectivity index (χ0v) is 19.1. The third-order valence-corrected chi connectivity index (χ3v) is 6.47. The van der Waals surface area contributed by atoms with E-state index in [9.17, 15) is 9.59 Å². The van der Waals surface area contributed by atoms with E-state index in [2.05, 4.69) is 37.9 Å². The quantitative estimate of drug-likeness (QED) is 0.675. The number of amides is 1. The van der Waals surface area contributed by atoms with Crippen molar-refractivity contribution in [3.63, 3.8) is 0 Å². The third-order valence-electron chi connectivity index (χ3n) is 4.87. The first kappa shape index (κ1) is 21.1. The molecule has 3 heterocycles. The van der Waals surface area contributed by atoms with Crippen LogP contribution in [0.1, 0.15) is 50.8 Å². The zero-order chi connectivity index (χ0) is 20.4. The summed E-state index contributed by atoms with van der Waals surface area (Å²) in [5.41, 5.74) is 2.30. The first-order valence-corrected chi connectivity index (χ1v) is 11.0. The van der Waals surface area contributed by atoms with Gasteiger partial charge in [-0.3, -0.25) is 9.69 Å². The Hall–Kier alpha value is -1.64. The van der Waals surface area contributed by atoms with Crippen LogP contribution in [0.15, 0.2) is 15.9 Å². The summed E-state index contributed by atoms with van der Waals surface area (Å²) in [6.45, 7) is 11.2. The summed E-state index contributed by atoms with van der Waals surface area (Å²) in [5, 5.41) is 0. The Morgan fingerprint density at radius 3 is 2.46 bits per heavy atom. The molecule has 1 saturated heterocycles. The number of H-pyrrole nitrogens is 1. The molecule has 0 bridgehead atoms. The van der Waals surface area contributed by atoms with Crippen molar-refractivity contribution < 1.29 is 14.3 Å². The number of aromatic nitrogens is 1. The van der Waals surface area contributed by atoms with Gasteiger partial charge in [-0.2, -0.15) is 0 Å². The highest BCUT2D eigenvalue weighted by Gasteiger charge is 2.28. The minimum absolute atomic E-state index is 0.0530. The molecule has 0 saturated carbocycles. The molecule has 8 heteroatoms. The van der Waals surface area contributed by atoms with Gasteiger partial charge in [0, 0.05) is 43.3 Å². The molecule has 1 fully saturated rings. The van der Waals surface area contributed by atoms with Crippen molar-refractivity contribution in [1.82, 2.24) is 14.8 Å². The molecule has 0 radical (unpaired) electrons. The van der Waals surface area contributed by atoms with E-state index < -0.39 is 0 Å². The highest BCUT2D eigenvalue weighted by atomic mass is 79.9. The van der Waals surface area contributed by atoms with Crippen LogP contribution < -0.4 is 0 Å². The summed E-state index contributed by atoms with van der Waals surface area (Å²) in [7, 11) is 0. The van der Waals surface area contributed by atoms with E-state index in [4.69, 9.17) is 4.74 Å². The van der Waals surface area contributed by atoms with E-state index >= 15 is 0 Å². The maximum absolute atomic E-state index is 13.0. The lowest BCUT2D eigenvalue weighted by Crippen LogP contribution is -2.48. The normalized spacial score (nSPS) is 15.3. The highest BCUT2D eigenvalue weighted by molar-refractivity contribution is 9.11. The number of carbonyl (C=O) groups excluding carboxylic acids is 2. The lowest BCUT2D eigenvalue weighted by Gasteiger charge is -2.34. The molecule has 1 N–H and O–H groups in total. The van der Waals surface area contributed by atoms with Crippen LogP contribution in [0, 0.1) is 13.8 Å². The van der Waals surface area contributed by atoms with Gasteiger partial charge in [0.25, 0.3) is 5.91 Å². The van der Waals surface area contributed by atoms with E-state index in [0.717, 1.165) is 23.4 Å². The second-order valence-corrected chi connectivity index (χ2v) is 9.90. The predicted molar refractivity (Wildman–Crippen MR) is 114 cm³/mol. The van der Waals surface area contributed by atoms with E-state index in [1.165, 1.54) is 4.88 Å². The number of nitrogens with one attached hydrogen (secondary N) is 1. The Morgan fingerprint density at radius 2 is 1.89 bits per heavy atom. The zero-order valence-electron chi connectivity index (χ0n) is 16.7. The molecule has 2 aromatic rings. The summed E-state index contributed by atoms with van der Waals surface area (Å²) < 4.78 is 6.46. The molecule has 28 heavy (non-hydrogen) atoms. The van der Waals surface area contributed by atoms with Crippen molar-refractivity contribution in [2.24, 2.45) is 0 Å². The van der Waals surface area contributed by atoms with Crippen LogP contribution in [0.25, 0.3) is 0 Å². The SMILES string of the molecule is Cc1[nH]c(C(=O)N2CCN(Cc3ccc(Br)s3)CC2)c(C)c1C(=O)OC(C)C. The summed E-state index contributed by atoms with van der Waals surface area (Å²) in [4.78, 5) is 34.0. The molecule has 1 aliphatic heterocycles. The van der Waals surface area contributed by atoms with Crippen molar-refractivity contribution in [1.29, 1.82) is 0 Å². The maximum atomic E-state index is 13.0. The number of hydrogen-bond donors (Lipinski definition) is 1. The largest absolute Gasteiger partial charge is 0.459 e. The van der Waals surface area contributed by atoms with E-state index in [0.29, 0.717) is 35.6 Å². The Balaban J connectivity index is 1.64. The predicted octanol–water partition coefficient (Wildman–Crippen LogP) is 3.98. The summed E-state index contributed by atoms with van der Waals surface area (Å²) in [5.74, 6) is -0.435. The average Bonchev–Trinajstić information content (AvgIpc) is 3.16. The molecular weight excluding hydrogens is 442 g/mol. The fourth-order valence-corrected chi connectivity index (χ4v) is 4.99. The van der Waals surface area contributed by atoms with Gasteiger partial charge in [-0.25, -0.2) is 4.79 Å². The monoisotopic (exact) mass is 467 g/mol. The fraction of sp³-hybridized carbons (Fsp3) is 0.500. The smallest absolute Gasteiger partial charge is 0.340 e. The van der Waals surface area contributed by atoms with E-state index in [1.54, 1.807) is 25.2 Å². The van der Waals surface area contributed by atoms with Gasteiger partial charge in [0.05, 0.1) is 15.5 Å². The van der Waals surface area contributed by atoms with Crippen molar-refractivity contribution in [3.8, 4) is 0 Å². The lowest BCUT2D eigenvalue weighted by atomic mass is 10.1. The van der Waals surface area contributed by atoms with Crippen molar-refractivity contribution in [2.75, 3.05) is 26.2 Å². The van der Waals surface area contributed by atoms with Crippen LogP contribution in [0.5, 0.6) is 0 Å². The molecule has 0 unspecified atom stereocenters. The van der Waals surface area contributed by atoms with Gasteiger partial charge >= 0.3 is 5.97 Å². The topological polar surface area (TPSA) is 65.6 Å². The van der Waals surface area contributed by atoms with E-state index in [1.807, 2.05) is 18.7 Å². The van der Waals surface area contributed by atoms with Crippen molar-refractivity contribution >= 4 is 39.1 Å². The Kier molecular flexibility index (Phi) is 6.62. The van der Waals surface area contributed by atoms with Gasteiger partial charge in [-0.15, -0.1) is 11.3 Å². The van der Waals surface area contributed by atoms with Crippen LogP contribution in [0.3, 0.4) is 0 Å². The Morgan fingerprint density at radius 1 is 1.21 bits per heavy atom. The first-order chi connectivity index (χ1) is 13.3. The van der Waals surface area contributed by atoms with Gasteiger partial charge in [-0.05, 0) is 61.3 Å². The van der Waals surface area contributed by atoms with Gasteiger partial charge < -0.3 is 14.6 Å². The van der Waals surface area contributed by atoms with Gasteiger partial charge in [0.2, 0.25) is 0 Å². The van der Waals surface area contributed by atoms with E-state index in [-0.39, 0.29) is 18.0 Å². The standard InChI is InChI=1S/C20H26BrN3O3S/c1-12(2)27-20(26)17-13(3)18(22-14(17)4)19(25)24-9-7-23(8-10-24)11-15-5-6-16(21)28-15/h5-6,12,22H,7-11H2,1-4H3. The van der Waals surface area contributed by atoms with Gasteiger partial charge in [-0.1, -0.05) is 0 Å². The number of halogens is 1. The average molecular weight is 468 g/mol. The summed E-state index contributed by atoms with van der Waals surface area (Å²) >= 11 is 5.24. The number of rotatable bonds is 5. The number of aryl methyl sites for hydroxylation is 1. The molecule has 0 atom stereocenters. The summed E-state index contributed by atoms with van der Waals surface area (Å²) in [6.07, 6.45) is -0.197. The lowest BCUT2D eigenvalue weighted by molar-refractivity contribution is 0.0376. The van der Waals surface area contributed by atoms with Crippen LogP contribution in [0.2, 0.25) is 0 Å². The van der Waals surface area contributed by atoms with Crippen LogP contribution in [-0.2, 0) is 11.3 Å². The second kappa shape index (κ2) is 8.80. The highest BCUT2D eigenvalue weighted by Crippen LogP contribution is 2.24. The molecule has 0 spiro atoms. The fourth-order valence-electron chi connectivity index (χ4n) is 3.47. The molecular formula is C20H26BrN3O3S. The molecule has 0 aromatic carbocycles. The number of esters is 1.